The van der Waals surface area contributed by atoms with Gasteiger partial charge in [-0.3, -0.25) is 0 Å². The molecule has 0 saturated carbocycles. The van der Waals surface area contributed by atoms with E-state index in [9.17, 15) is 0 Å². The average molecular weight is 289 g/mol. The van der Waals surface area contributed by atoms with E-state index in [1.54, 1.807) is 0 Å². The highest BCUT2D eigenvalue weighted by atomic mass is 16.3. The number of aryl methyl sites for hydroxylation is 4. The molecule has 0 radical (unpaired) electrons. The van der Waals surface area contributed by atoms with Crippen molar-refractivity contribution >= 4 is 0 Å². The Morgan fingerprint density at radius 1 is 0.591 bits per heavy atom. The van der Waals surface area contributed by atoms with Crippen molar-refractivity contribution in [3.63, 3.8) is 0 Å². The van der Waals surface area contributed by atoms with Crippen LogP contribution in [0.2, 0.25) is 0 Å². The number of rotatable bonds is 2. The molecule has 2 aromatic carbocycles. The standard InChI is InChI=1S/C21H21O/c1-14-8-10-18(16(3)12-14)20-6-5-7-21(22-20)19-11-9-15(2)13-17(19)4/h5-13H,1-4H3/q+1. The van der Waals surface area contributed by atoms with Crippen LogP contribution in [-0.2, 0) is 0 Å². The molecule has 1 nitrogen and oxygen atoms in total. The zero-order valence-electron chi connectivity index (χ0n) is 13.6. The van der Waals surface area contributed by atoms with Crippen LogP contribution in [0.1, 0.15) is 22.3 Å². The van der Waals surface area contributed by atoms with Gasteiger partial charge in [0, 0.05) is 12.1 Å². The van der Waals surface area contributed by atoms with Crippen LogP contribution in [0.5, 0.6) is 0 Å². The second-order valence-corrected chi connectivity index (χ2v) is 5.99. The molecule has 0 fully saturated rings. The highest BCUT2D eigenvalue weighted by Gasteiger charge is 2.19. The summed E-state index contributed by atoms with van der Waals surface area (Å²) in [6.07, 6.45) is 0. The summed E-state index contributed by atoms with van der Waals surface area (Å²) in [5.41, 5.74) is 7.32. The van der Waals surface area contributed by atoms with E-state index in [4.69, 9.17) is 4.42 Å². The van der Waals surface area contributed by atoms with Crippen molar-refractivity contribution in [1.29, 1.82) is 0 Å². The molecular formula is C21H21O+. The zero-order valence-corrected chi connectivity index (χ0v) is 13.6. The smallest absolute Gasteiger partial charge is 0.207 e. The van der Waals surface area contributed by atoms with Crippen molar-refractivity contribution in [2.24, 2.45) is 0 Å². The predicted molar refractivity (Wildman–Crippen MR) is 92.9 cm³/mol. The summed E-state index contributed by atoms with van der Waals surface area (Å²) in [6, 6.07) is 19.0. The molecule has 110 valence electrons. The van der Waals surface area contributed by atoms with E-state index in [1.807, 2.05) is 12.1 Å². The molecule has 1 heterocycles. The summed E-state index contributed by atoms with van der Waals surface area (Å²) in [5, 5.41) is 0. The van der Waals surface area contributed by atoms with E-state index in [1.165, 1.54) is 22.3 Å². The fourth-order valence-electron chi connectivity index (χ4n) is 2.88. The van der Waals surface area contributed by atoms with Crippen molar-refractivity contribution in [3.8, 4) is 22.6 Å². The van der Waals surface area contributed by atoms with Crippen LogP contribution < -0.4 is 0 Å². The van der Waals surface area contributed by atoms with Gasteiger partial charge in [0.05, 0.1) is 11.1 Å². The van der Waals surface area contributed by atoms with Crippen LogP contribution >= 0.6 is 0 Å². The third-order valence-electron chi connectivity index (χ3n) is 4.01. The van der Waals surface area contributed by atoms with Crippen LogP contribution in [-0.4, -0.2) is 0 Å². The summed E-state index contributed by atoms with van der Waals surface area (Å²) in [7, 11) is 0. The van der Waals surface area contributed by atoms with Crippen LogP contribution in [0, 0.1) is 27.7 Å². The molecule has 0 N–H and O–H groups in total. The molecule has 0 aliphatic rings. The van der Waals surface area contributed by atoms with E-state index in [-0.39, 0.29) is 0 Å². The van der Waals surface area contributed by atoms with Gasteiger partial charge in [-0.05, 0) is 57.0 Å². The lowest BCUT2D eigenvalue weighted by Crippen LogP contribution is -1.88. The first-order valence-corrected chi connectivity index (χ1v) is 7.63. The molecule has 0 bridgehead atoms. The van der Waals surface area contributed by atoms with E-state index in [0.29, 0.717) is 0 Å². The highest BCUT2D eigenvalue weighted by Crippen LogP contribution is 2.30. The third-order valence-corrected chi connectivity index (χ3v) is 4.01. The number of hydrogen-bond acceptors (Lipinski definition) is 0. The van der Waals surface area contributed by atoms with Crippen molar-refractivity contribution in [1.82, 2.24) is 0 Å². The summed E-state index contributed by atoms with van der Waals surface area (Å²) in [4.78, 5) is 0. The molecule has 0 spiro atoms. The van der Waals surface area contributed by atoms with Crippen LogP contribution in [0.4, 0.5) is 0 Å². The van der Waals surface area contributed by atoms with E-state index < -0.39 is 0 Å². The fraction of sp³-hybridized carbons (Fsp3) is 0.190. The molecule has 1 heteroatoms. The minimum Gasteiger partial charge on any atom is -0.207 e. The highest BCUT2D eigenvalue weighted by molar-refractivity contribution is 5.67. The maximum absolute atomic E-state index is 6.19. The Hall–Kier alpha value is -2.41. The molecule has 0 amide bonds. The minimum absolute atomic E-state index is 0.912. The quantitative estimate of drug-likeness (QED) is 0.517. The van der Waals surface area contributed by atoms with Crippen molar-refractivity contribution < 1.29 is 4.42 Å². The lowest BCUT2D eigenvalue weighted by molar-refractivity contribution is 0.581. The monoisotopic (exact) mass is 289 g/mol. The average Bonchev–Trinajstić information content (AvgIpc) is 2.47. The van der Waals surface area contributed by atoms with Gasteiger partial charge < -0.3 is 0 Å². The first-order chi connectivity index (χ1) is 10.5. The largest absolute Gasteiger partial charge is 0.361 e. The van der Waals surface area contributed by atoms with Gasteiger partial charge in [-0.2, -0.15) is 0 Å². The molecule has 3 aromatic rings. The van der Waals surface area contributed by atoms with Crippen molar-refractivity contribution in [3.05, 3.63) is 76.9 Å². The minimum atomic E-state index is 0.912. The van der Waals surface area contributed by atoms with Gasteiger partial charge in [0.25, 0.3) is 0 Å². The van der Waals surface area contributed by atoms with E-state index in [2.05, 4.69) is 70.2 Å². The zero-order chi connectivity index (χ0) is 15.7. The van der Waals surface area contributed by atoms with Gasteiger partial charge in [-0.25, -0.2) is 4.42 Å². The van der Waals surface area contributed by atoms with E-state index >= 15 is 0 Å². The molecule has 0 saturated heterocycles. The normalized spacial score (nSPS) is 10.7. The SMILES string of the molecule is Cc1ccc(-c2cccc(-c3ccc(C)cc3C)[o+]2)c(C)c1. The first-order valence-electron chi connectivity index (χ1n) is 7.63. The van der Waals surface area contributed by atoms with Gasteiger partial charge in [-0.15, -0.1) is 0 Å². The number of hydrogen-bond donors (Lipinski definition) is 0. The number of benzene rings is 2. The summed E-state index contributed by atoms with van der Waals surface area (Å²) >= 11 is 0. The first kappa shape index (κ1) is 14.5. The summed E-state index contributed by atoms with van der Waals surface area (Å²) in [6.45, 7) is 8.48. The van der Waals surface area contributed by atoms with Gasteiger partial charge in [0.15, 0.2) is 0 Å². The van der Waals surface area contributed by atoms with Gasteiger partial charge in [0.1, 0.15) is 0 Å². The van der Waals surface area contributed by atoms with Crippen molar-refractivity contribution in [2.45, 2.75) is 27.7 Å². The second-order valence-electron chi connectivity index (χ2n) is 5.99. The van der Waals surface area contributed by atoms with E-state index in [0.717, 1.165) is 22.6 Å². The lowest BCUT2D eigenvalue weighted by atomic mass is 10.0. The topological polar surface area (TPSA) is 11.3 Å². The lowest BCUT2D eigenvalue weighted by Gasteiger charge is -2.02. The van der Waals surface area contributed by atoms with Crippen LogP contribution in [0.3, 0.4) is 0 Å². The molecule has 0 atom stereocenters. The van der Waals surface area contributed by atoms with Crippen molar-refractivity contribution in [2.75, 3.05) is 0 Å². The Kier molecular flexibility index (Phi) is 3.81. The maximum Gasteiger partial charge on any atom is 0.361 e. The Morgan fingerprint density at radius 2 is 1.05 bits per heavy atom. The molecular weight excluding hydrogens is 268 g/mol. The second kappa shape index (κ2) is 5.76. The molecule has 0 aliphatic heterocycles. The van der Waals surface area contributed by atoms with Gasteiger partial charge in [-0.1, -0.05) is 35.4 Å². The summed E-state index contributed by atoms with van der Waals surface area (Å²) < 4.78 is 6.19. The van der Waals surface area contributed by atoms with Gasteiger partial charge >= 0.3 is 11.5 Å². The van der Waals surface area contributed by atoms with Gasteiger partial charge in [0.2, 0.25) is 0 Å². The summed E-state index contributed by atoms with van der Waals surface area (Å²) in [5.74, 6) is 1.82. The third kappa shape index (κ3) is 2.80. The molecule has 0 aliphatic carbocycles. The van der Waals surface area contributed by atoms with Crippen LogP contribution in [0.25, 0.3) is 22.6 Å². The Labute approximate surface area is 132 Å². The molecule has 0 unspecified atom stereocenters. The molecule has 3 rings (SSSR count). The Balaban J connectivity index is 2.10. The Bertz CT molecular complexity index is 764. The fourth-order valence-corrected chi connectivity index (χ4v) is 2.88. The maximum atomic E-state index is 6.19. The van der Waals surface area contributed by atoms with Crippen LogP contribution in [0.15, 0.2) is 59.0 Å². The molecule has 22 heavy (non-hydrogen) atoms. The molecule has 1 aromatic heterocycles. The predicted octanol–water partition coefficient (Wildman–Crippen LogP) is 6.13. The Morgan fingerprint density at radius 3 is 1.45 bits per heavy atom.